The maximum atomic E-state index is 2.56. The first-order chi connectivity index (χ1) is 4.77. The van der Waals surface area contributed by atoms with Crippen molar-refractivity contribution >= 4 is 7.85 Å². The molecule has 0 spiro atoms. The first-order valence-electron chi connectivity index (χ1n) is 4.47. The Hall–Kier alpha value is 0.0249. The van der Waals surface area contributed by atoms with E-state index in [0.717, 1.165) is 17.8 Å². The van der Waals surface area contributed by atoms with Gasteiger partial charge in [0.1, 0.15) is 7.85 Å². The summed E-state index contributed by atoms with van der Waals surface area (Å²) < 4.78 is 0. The molecule has 0 radical (unpaired) electrons. The van der Waals surface area contributed by atoms with Crippen LogP contribution in [0.3, 0.4) is 0 Å². The van der Waals surface area contributed by atoms with Crippen LogP contribution in [-0.2, 0) is 0 Å². The largest absolute Gasteiger partial charge is 0.304 e. The van der Waals surface area contributed by atoms with E-state index >= 15 is 0 Å². The topological polar surface area (TPSA) is 3.24 Å². The van der Waals surface area contributed by atoms with Gasteiger partial charge in [-0.3, -0.25) is 0 Å². The lowest BCUT2D eigenvalue weighted by Crippen LogP contribution is -2.48. The average Bonchev–Trinajstić information content (AvgIpc) is 1.86. The third kappa shape index (κ3) is 0.896. The Morgan fingerprint density at radius 2 is 2.20 bits per heavy atom. The molecule has 3 aliphatic rings. The van der Waals surface area contributed by atoms with Gasteiger partial charge < -0.3 is 4.90 Å². The lowest BCUT2D eigenvalue weighted by atomic mass is 9.64. The minimum atomic E-state index is 0.921. The first-order valence-corrected chi connectivity index (χ1v) is 4.47. The summed E-state index contributed by atoms with van der Waals surface area (Å²) in [5, 5.41) is 0. The van der Waals surface area contributed by atoms with Crippen LogP contribution in [0, 0.1) is 5.92 Å². The molecule has 2 saturated heterocycles. The Labute approximate surface area is 64.2 Å². The molecule has 56 valence electrons. The van der Waals surface area contributed by atoms with Gasteiger partial charge >= 0.3 is 0 Å². The summed E-state index contributed by atoms with van der Waals surface area (Å²) in [5.74, 6) is 2.00. The van der Waals surface area contributed by atoms with Gasteiger partial charge in [0.05, 0.1) is 0 Å². The zero-order chi connectivity index (χ0) is 7.14. The van der Waals surface area contributed by atoms with Crippen molar-refractivity contribution in [1.29, 1.82) is 0 Å². The second kappa shape index (κ2) is 2.26. The fourth-order valence-electron chi connectivity index (χ4n) is 2.85. The summed E-state index contributed by atoms with van der Waals surface area (Å²) in [6.07, 6.45) is 4.46. The average molecular weight is 137 g/mol. The van der Waals surface area contributed by atoms with Crippen LogP contribution in [-0.4, -0.2) is 32.4 Å². The molecular weight excluding hydrogens is 121 g/mol. The van der Waals surface area contributed by atoms with Crippen molar-refractivity contribution < 1.29 is 0 Å². The standard InChI is InChI=1S/C8H16BN/c1-10-5-6-2-3-8(10)7(9)4-6/h6-8H,2-5,9H2,1H3. The second-order valence-corrected chi connectivity index (χ2v) is 4.16. The Bertz CT molecular complexity index is 125. The Morgan fingerprint density at radius 1 is 1.40 bits per heavy atom. The van der Waals surface area contributed by atoms with Crippen molar-refractivity contribution in [2.45, 2.75) is 31.1 Å². The SMILES string of the molecule is BC1CC2CCC1N(C)C2. The third-order valence-electron chi connectivity index (χ3n) is 3.34. The fourth-order valence-corrected chi connectivity index (χ4v) is 2.85. The van der Waals surface area contributed by atoms with Gasteiger partial charge in [0.2, 0.25) is 0 Å². The summed E-state index contributed by atoms with van der Waals surface area (Å²) >= 11 is 0. The van der Waals surface area contributed by atoms with E-state index in [2.05, 4.69) is 19.8 Å². The van der Waals surface area contributed by atoms with Gasteiger partial charge in [0.15, 0.2) is 0 Å². The summed E-state index contributed by atoms with van der Waals surface area (Å²) in [7, 11) is 4.69. The quantitative estimate of drug-likeness (QED) is 0.440. The molecule has 0 aromatic heterocycles. The predicted octanol–water partition coefficient (Wildman–Crippen LogP) is 0.522. The van der Waals surface area contributed by atoms with Gasteiger partial charge in [-0.15, -0.1) is 0 Å². The summed E-state index contributed by atoms with van der Waals surface area (Å²) in [4.78, 5) is 2.56. The van der Waals surface area contributed by atoms with Gasteiger partial charge in [-0.2, -0.15) is 0 Å². The number of piperidine rings is 2. The second-order valence-electron chi connectivity index (χ2n) is 4.16. The highest BCUT2D eigenvalue weighted by Gasteiger charge is 2.35. The monoisotopic (exact) mass is 137 g/mol. The molecule has 1 nitrogen and oxygen atoms in total. The Morgan fingerprint density at radius 3 is 2.60 bits per heavy atom. The van der Waals surface area contributed by atoms with Gasteiger partial charge in [0.25, 0.3) is 0 Å². The van der Waals surface area contributed by atoms with E-state index in [4.69, 9.17) is 0 Å². The number of nitrogens with zero attached hydrogens (tertiary/aromatic N) is 1. The van der Waals surface area contributed by atoms with Gasteiger partial charge in [-0.25, -0.2) is 0 Å². The highest BCUT2D eigenvalue weighted by Crippen LogP contribution is 2.39. The molecule has 3 rings (SSSR count). The molecule has 3 unspecified atom stereocenters. The molecule has 3 fully saturated rings. The van der Waals surface area contributed by atoms with E-state index in [0.29, 0.717) is 0 Å². The maximum absolute atomic E-state index is 2.56. The molecular formula is C8H16BN. The fraction of sp³-hybridized carbons (Fsp3) is 1.00. The lowest BCUT2D eigenvalue weighted by Gasteiger charge is -2.47. The molecule has 0 amide bonds. The van der Waals surface area contributed by atoms with E-state index in [9.17, 15) is 0 Å². The highest BCUT2D eigenvalue weighted by molar-refractivity contribution is 6.12. The van der Waals surface area contributed by atoms with Crippen LogP contribution >= 0.6 is 0 Å². The lowest BCUT2D eigenvalue weighted by molar-refractivity contribution is 0.0738. The van der Waals surface area contributed by atoms with Crippen LogP contribution < -0.4 is 0 Å². The van der Waals surface area contributed by atoms with Crippen LogP contribution in [0.25, 0.3) is 0 Å². The van der Waals surface area contributed by atoms with Crippen LogP contribution in [0.15, 0.2) is 0 Å². The van der Waals surface area contributed by atoms with Gasteiger partial charge in [0, 0.05) is 12.6 Å². The van der Waals surface area contributed by atoms with Crippen LogP contribution in [0.1, 0.15) is 19.3 Å². The molecule has 2 bridgehead atoms. The zero-order valence-electron chi connectivity index (χ0n) is 7.01. The molecule has 1 aliphatic carbocycles. The summed E-state index contributed by atoms with van der Waals surface area (Å²) in [6.45, 7) is 1.37. The van der Waals surface area contributed by atoms with Crippen molar-refractivity contribution in [3.63, 3.8) is 0 Å². The number of hydrogen-bond donors (Lipinski definition) is 0. The normalized spacial score (nSPS) is 47.9. The van der Waals surface area contributed by atoms with Crippen molar-refractivity contribution in [2.24, 2.45) is 5.92 Å². The first kappa shape index (κ1) is 6.72. The summed E-state index contributed by atoms with van der Waals surface area (Å²) in [6, 6.07) is 0.921. The number of rotatable bonds is 0. The molecule has 10 heavy (non-hydrogen) atoms. The van der Waals surface area contributed by atoms with E-state index in [1.165, 1.54) is 25.8 Å². The third-order valence-corrected chi connectivity index (χ3v) is 3.34. The molecule has 3 atom stereocenters. The highest BCUT2D eigenvalue weighted by atomic mass is 15.1. The molecule has 0 aromatic carbocycles. The van der Waals surface area contributed by atoms with Crippen molar-refractivity contribution in [3.05, 3.63) is 0 Å². The maximum Gasteiger partial charge on any atom is 0.107 e. The molecule has 2 heteroatoms. The van der Waals surface area contributed by atoms with Crippen molar-refractivity contribution in [1.82, 2.24) is 4.90 Å². The van der Waals surface area contributed by atoms with Crippen LogP contribution in [0.4, 0.5) is 0 Å². The van der Waals surface area contributed by atoms with E-state index in [1.807, 2.05) is 0 Å². The Balaban J connectivity index is 2.11. The van der Waals surface area contributed by atoms with Crippen LogP contribution in [0.2, 0.25) is 5.82 Å². The van der Waals surface area contributed by atoms with E-state index in [1.54, 1.807) is 0 Å². The summed E-state index contributed by atoms with van der Waals surface area (Å²) in [5.41, 5.74) is 0. The minimum absolute atomic E-state index is 0.921. The van der Waals surface area contributed by atoms with Gasteiger partial charge in [-0.05, 0) is 25.8 Å². The van der Waals surface area contributed by atoms with Gasteiger partial charge in [-0.1, -0.05) is 12.2 Å². The Kier molecular flexibility index (Phi) is 1.52. The van der Waals surface area contributed by atoms with E-state index in [-0.39, 0.29) is 0 Å². The number of fused-ring (bicyclic) bond motifs is 3. The minimum Gasteiger partial charge on any atom is -0.304 e. The van der Waals surface area contributed by atoms with E-state index < -0.39 is 0 Å². The predicted molar refractivity (Wildman–Crippen MR) is 46.1 cm³/mol. The molecule has 2 aliphatic heterocycles. The smallest absolute Gasteiger partial charge is 0.107 e. The molecule has 0 N–H and O–H groups in total. The molecule has 0 aromatic rings. The molecule has 1 saturated carbocycles. The number of hydrogen-bond acceptors (Lipinski definition) is 1. The zero-order valence-corrected chi connectivity index (χ0v) is 7.01. The van der Waals surface area contributed by atoms with Crippen molar-refractivity contribution in [3.8, 4) is 0 Å². The molecule has 2 heterocycles. The van der Waals surface area contributed by atoms with Crippen LogP contribution in [0.5, 0.6) is 0 Å². The van der Waals surface area contributed by atoms with Crippen molar-refractivity contribution in [2.75, 3.05) is 13.6 Å².